The van der Waals surface area contributed by atoms with Crippen LogP contribution in [0.25, 0.3) is 0 Å². The van der Waals surface area contributed by atoms with Crippen molar-refractivity contribution in [2.24, 2.45) is 29.6 Å². The Morgan fingerprint density at radius 2 is 0.886 bits per heavy atom. The number of carboxylic acids is 1. The zero-order valence-corrected chi connectivity index (χ0v) is 47.8. The number of hydrogen-bond donors (Lipinski definition) is 1. The summed E-state index contributed by atoms with van der Waals surface area (Å²) >= 11 is 0. The van der Waals surface area contributed by atoms with E-state index in [0.29, 0.717) is 94.5 Å². The molecule has 9 aliphatic rings. The predicted molar refractivity (Wildman–Crippen MR) is 289 cm³/mol. The van der Waals surface area contributed by atoms with Crippen molar-refractivity contribution in [3.05, 3.63) is 73.0 Å². The van der Waals surface area contributed by atoms with E-state index in [1.54, 1.807) is 62.5 Å². The number of phosphoric acid groups is 1. The molecule has 440 valence electrons. The number of para-hydroxylation sites is 2. The Bertz CT molecular complexity index is 2150. The van der Waals surface area contributed by atoms with Crippen molar-refractivity contribution in [3.8, 4) is 11.5 Å². The summed E-state index contributed by atoms with van der Waals surface area (Å²) in [5.74, 6) is 0.660. The van der Waals surface area contributed by atoms with Gasteiger partial charge in [0.05, 0.1) is 65.9 Å². The summed E-state index contributed by atoms with van der Waals surface area (Å²) < 4.78 is 75.5. The summed E-state index contributed by atoms with van der Waals surface area (Å²) in [7, 11) is -0.828. The van der Waals surface area contributed by atoms with Crippen molar-refractivity contribution in [3.63, 3.8) is 0 Å². The molecule has 11 rings (SSSR count). The molecule has 4 aliphatic heterocycles. The Balaban J connectivity index is 0.000000154. The third-order valence-corrected chi connectivity index (χ3v) is 17.9. The number of Topliss-reactive ketones (excluding diaryl/α,β-unsaturated/α-hetero) is 2. The molecule has 0 radical (unpaired) electrons. The Labute approximate surface area is 466 Å². The molecule has 5 aliphatic carbocycles. The average Bonchev–Trinajstić information content (AvgIpc) is 4.33. The lowest BCUT2D eigenvalue weighted by atomic mass is 9.83. The molecule has 4 heterocycles. The number of amides is 1. The van der Waals surface area contributed by atoms with E-state index in [2.05, 4.69) is 13.5 Å². The van der Waals surface area contributed by atoms with Crippen molar-refractivity contribution in [1.82, 2.24) is 5.06 Å². The molecule has 4 saturated heterocycles. The van der Waals surface area contributed by atoms with Gasteiger partial charge in [-0.2, -0.15) is 4.57 Å². The van der Waals surface area contributed by atoms with Crippen LogP contribution in [0.2, 0.25) is 0 Å². The summed E-state index contributed by atoms with van der Waals surface area (Å²) in [6.07, 6.45) is 16.6. The number of rotatable bonds is 11. The van der Waals surface area contributed by atoms with E-state index in [1.807, 2.05) is 12.1 Å². The molecule has 0 unspecified atom stereocenters. The van der Waals surface area contributed by atoms with Gasteiger partial charge < -0.3 is 56.6 Å². The molecule has 0 aromatic heterocycles. The van der Waals surface area contributed by atoms with E-state index in [0.717, 1.165) is 121 Å². The summed E-state index contributed by atoms with van der Waals surface area (Å²) in [5.41, 5.74) is 0. The molecular formula is C59H86NO18P. The van der Waals surface area contributed by atoms with Crippen LogP contribution in [0, 0.1) is 29.6 Å². The van der Waals surface area contributed by atoms with E-state index < -0.39 is 25.4 Å². The zero-order chi connectivity index (χ0) is 56.4. The highest BCUT2D eigenvalue weighted by molar-refractivity contribution is 7.49. The van der Waals surface area contributed by atoms with E-state index in [4.69, 9.17) is 61.4 Å². The van der Waals surface area contributed by atoms with Crippen LogP contribution in [0.5, 0.6) is 11.5 Å². The molecule has 79 heavy (non-hydrogen) atoms. The number of carbonyl (C=O) groups excluding carboxylic acids is 3. The van der Waals surface area contributed by atoms with Crippen molar-refractivity contribution in [2.45, 2.75) is 165 Å². The normalized spacial score (nSPS) is 25.7. The minimum Gasteiger partial charge on any atom is -0.481 e. The smallest absolute Gasteiger partial charge is 0.481 e. The van der Waals surface area contributed by atoms with Crippen molar-refractivity contribution in [2.75, 3.05) is 67.0 Å². The maximum absolute atomic E-state index is 13.5. The van der Waals surface area contributed by atoms with Gasteiger partial charge in [0.1, 0.15) is 28.8 Å². The van der Waals surface area contributed by atoms with E-state index in [-0.39, 0.29) is 41.2 Å². The number of phosphoric ester groups is 1. The molecule has 20 heteroatoms. The number of hydrogen-bond acceptors (Lipinski definition) is 17. The number of carboxylic acid groups (broad SMARTS) is 1. The Kier molecular flexibility index (Phi) is 23.4. The fourth-order valence-electron chi connectivity index (χ4n) is 11.5. The summed E-state index contributed by atoms with van der Waals surface area (Å²) in [6, 6.07) is 17.7. The Morgan fingerprint density at radius 1 is 0.557 bits per heavy atom. The molecule has 4 spiro atoms. The average molecular weight is 1130 g/mol. The van der Waals surface area contributed by atoms with Crippen LogP contribution in [0.1, 0.15) is 142 Å². The monoisotopic (exact) mass is 1130 g/mol. The first kappa shape index (κ1) is 62.3. The minimum absolute atomic E-state index is 0.0282. The first-order valence-corrected chi connectivity index (χ1v) is 30.1. The maximum Gasteiger partial charge on any atom is 0.646 e. The van der Waals surface area contributed by atoms with Crippen molar-refractivity contribution < 1.29 is 85.2 Å². The van der Waals surface area contributed by atoms with Gasteiger partial charge >= 0.3 is 13.8 Å². The topological polar surface area (TPSA) is 220 Å². The first-order valence-electron chi connectivity index (χ1n) is 28.6. The Hall–Kier alpha value is -4.27. The molecule has 19 nitrogen and oxygen atoms in total. The number of ether oxygens (including phenoxy) is 8. The lowest BCUT2D eigenvalue weighted by molar-refractivity contribution is -0.195. The van der Waals surface area contributed by atoms with Gasteiger partial charge in [0, 0.05) is 89.0 Å². The molecule has 0 bridgehead atoms. The van der Waals surface area contributed by atoms with E-state index >= 15 is 0 Å². The van der Waals surface area contributed by atoms with Gasteiger partial charge in [0.2, 0.25) is 5.91 Å². The maximum atomic E-state index is 13.5. The number of allylic oxidation sites excluding steroid dienone is 1. The fraction of sp³-hybridized carbons (Fsp3) is 0.695. The van der Waals surface area contributed by atoms with Crippen molar-refractivity contribution in [1.29, 1.82) is 0 Å². The Morgan fingerprint density at radius 3 is 1.20 bits per heavy atom. The number of carbonyl (C=O) groups is 4. The second kappa shape index (κ2) is 29.6. The number of hydroxylamine groups is 2. The van der Waals surface area contributed by atoms with Crippen LogP contribution in [0.4, 0.5) is 0 Å². The molecule has 2 aromatic rings. The quantitative estimate of drug-likeness (QED) is 0.126. The number of benzene rings is 2. The van der Waals surface area contributed by atoms with Gasteiger partial charge in [-0.3, -0.25) is 24.0 Å². The van der Waals surface area contributed by atoms with Crippen LogP contribution < -0.4 is 9.05 Å². The predicted octanol–water partition coefficient (Wildman–Crippen LogP) is 10.9. The van der Waals surface area contributed by atoms with Gasteiger partial charge in [-0.05, 0) is 101 Å². The van der Waals surface area contributed by atoms with Crippen LogP contribution >= 0.6 is 7.82 Å². The molecule has 9 fully saturated rings. The van der Waals surface area contributed by atoms with Gasteiger partial charge in [-0.1, -0.05) is 49.9 Å². The molecular weight excluding hydrogens is 1040 g/mol. The number of ketones is 2. The second-order valence-corrected chi connectivity index (χ2v) is 23.5. The highest BCUT2D eigenvalue weighted by Crippen LogP contribution is 2.54. The summed E-state index contributed by atoms with van der Waals surface area (Å²) in [6.45, 7) is 13.3. The van der Waals surface area contributed by atoms with Gasteiger partial charge in [-0.15, -0.1) is 0 Å². The fourth-order valence-corrected chi connectivity index (χ4v) is 12.8. The van der Waals surface area contributed by atoms with Crippen LogP contribution in [0.15, 0.2) is 73.0 Å². The molecule has 1 N–H and O–H groups in total. The molecule has 1 amide bonds. The first-order chi connectivity index (χ1) is 38.0. The SMILES string of the molecule is C=C(OP(=O)(Oc1ccccc1)Oc1ccccc1)C1CCC2(CC1)OCCO2.CC(=O)C1CCC2(CC1)OCCO2.CC1CCC(=O)CC1.CON(C)C(=O)C1CCC2(CC1)OCCO2.O=C(O)C1CCC2(CC1)OCCO2. The largest absolute Gasteiger partial charge is 0.646 e. The number of aliphatic carboxylic acids is 1. The minimum atomic E-state index is -3.98. The summed E-state index contributed by atoms with van der Waals surface area (Å²) in [5, 5.41) is 10.1. The highest BCUT2D eigenvalue weighted by atomic mass is 31.2. The van der Waals surface area contributed by atoms with Crippen LogP contribution in [0.3, 0.4) is 0 Å². The van der Waals surface area contributed by atoms with Gasteiger partial charge in [0.25, 0.3) is 0 Å². The lowest BCUT2D eigenvalue weighted by Crippen LogP contribution is -2.40. The summed E-state index contributed by atoms with van der Waals surface area (Å²) in [4.78, 5) is 49.2. The van der Waals surface area contributed by atoms with Gasteiger partial charge in [0.15, 0.2) is 23.1 Å². The zero-order valence-electron chi connectivity index (χ0n) is 46.9. The van der Waals surface area contributed by atoms with Crippen molar-refractivity contribution >= 4 is 31.3 Å². The molecule has 0 atom stereocenters. The third kappa shape index (κ3) is 18.6. The third-order valence-electron chi connectivity index (χ3n) is 16.5. The molecule has 5 saturated carbocycles. The number of nitrogens with zero attached hydrogens (tertiary/aromatic N) is 1. The van der Waals surface area contributed by atoms with Crippen LogP contribution in [-0.2, 0) is 71.0 Å². The van der Waals surface area contributed by atoms with Gasteiger partial charge in [-0.25, -0.2) is 5.06 Å². The second-order valence-electron chi connectivity index (χ2n) is 22.0. The lowest BCUT2D eigenvalue weighted by Gasteiger charge is -2.36. The standard InChI is InChI=1S/C22H25O6P.C11H19NO4.C10H16O3.C9H14O4.C7H12O/c1-18(19-12-14-22(15-13-19)24-16-17-25-22)26-29(23,27-20-8-4-2-5-9-20)28-21-10-6-3-7-11-21;1-12(14-2)10(13)9-3-5-11(6-4-9)15-7-8-16-11;1-8(11)9-2-4-10(5-3-9)12-6-7-13-10;10-8(11)7-1-3-9(4-2-7)12-5-6-13-9;1-6-2-4-7(8)5-3-6/h2-11,19H,1,12-17H2;9H,3-8H2,1-2H3;9H,2-7H2,1H3;7H,1-6H2,(H,10,11);6H,2-5H2,1H3. The molecule has 2 aromatic carbocycles. The van der Waals surface area contributed by atoms with E-state index in [1.165, 1.54) is 12.2 Å². The highest BCUT2D eigenvalue weighted by Gasteiger charge is 2.46. The van der Waals surface area contributed by atoms with Crippen LogP contribution in [-0.4, -0.2) is 124 Å². The van der Waals surface area contributed by atoms with E-state index in [9.17, 15) is 23.7 Å².